The Hall–Kier alpha value is -3.74. The highest BCUT2D eigenvalue weighted by atomic mass is 32.2. The van der Waals surface area contributed by atoms with Crippen LogP contribution in [0.25, 0.3) is 22.0 Å². The molecule has 1 aliphatic carbocycles. The predicted octanol–water partition coefficient (Wildman–Crippen LogP) is 4.66. The summed E-state index contributed by atoms with van der Waals surface area (Å²) in [6.45, 7) is 1.82. The molecule has 1 aliphatic heterocycles. The number of nitrogens with zero attached hydrogens (tertiary/aromatic N) is 2. The van der Waals surface area contributed by atoms with Crippen LogP contribution in [0.2, 0.25) is 0 Å². The summed E-state index contributed by atoms with van der Waals surface area (Å²) in [4.78, 5) is 8.48. The molecule has 12 heteroatoms. The maximum absolute atomic E-state index is 15.7. The van der Waals surface area contributed by atoms with E-state index in [0.717, 1.165) is 50.2 Å². The van der Waals surface area contributed by atoms with Gasteiger partial charge in [0.25, 0.3) is 10.0 Å². The van der Waals surface area contributed by atoms with E-state index in [4.69, 9.17) is 0 Å². The van der Waals surface area contributed by atoms with Crippen LogP contribution >= 0.6 is 0 Å². The molecule has 2 aliphatic rings. The Morgan fingerprint density at radius 1 is 1.00 bits per heavy atom. The van der Waals surface area contributed by atoms with Gasteiger partial charge in [-0.05, 0) is 91.9 Å². The molecule has 8 nitrogen and oxygen atoms in total. The largest absolute Gasteiger partial charge is 0.388 e. The molecular weight excluding hydrogens is 543 g/mol. The number of rotatable bonds is 6. The molecule has 4 aromatic rings. The van der Waals surface area contributed by atoms with E-state index in [1.165, 1.54) is 12.1 Å². The summed E-state index contributed by atoms with van der Waals surface area (Å²) in [6.07, 6.45) is 2.94. The molecule has 0 bridgehead atoms. The van der Waals surface area contributed by atoms with E-state index in [1.807, 2.05) is 0 Å². The van der Waals surface area contributed by atoms with Gasteiger partial charge in [0.1, 0.15) is 11.6 Å². The summed E-state index contributed by atoms with van der Waals surface area (Å²) in [5, 5.41) is 17.2. The quantitative estimate of drug-likeness (QED) is 0.267. The van der Waals surface area contributed by atoms with Crippen molar-refractivity contribution in [2.45, 2.75) is 42.7 Å². The topological polar surface area (TPSA) is 116 Å². The molecule has 0 radical (unpaired) electrons. The number of nitrogens with one attached hydrogen (secondary N) is 3. The van der Waals surface area contributed by atoms with Crippen molar-refractivity contribution in [3.8, 4) is 11.1 Å². The molecule has 3 aromatic carbocycles. The molecule has 208 valence electrons. The minimum Gasteiger partial charge on any atom is -0.388 e. The highest BCUT2D eigenvalue weighted by molar-refractivity contribution is 7.92. The van der Waals surface area contributed by atoms with E-state index >= 15 is 4.39 Å². The number of fused-ring (bicyclic) bond motifs is 2. The lowest BCUT2D eigenvalue weighted by Gasteiger charge is -2.23. The number of hydrogen-bond acceptors (Lipinski definition) is 7. The van der Waals surface area contributed by atoms with Crippen LogP contribution < -0.4 is 15.4 Å². The van der Waals surface area contributed by atoms with Gasteiger partial charge < -0.3 is 15.7 Å². The van der Waals surface area contributed by atoms with Crippen LogP contribution in [0, 0.1) is 17.5 Å². The Labute approximate surface area is 228 Å². The SMILES string of the molecule is O=S(=O)(Nc1ccc(F)c(-c2ccc3nc(NC4CCNCC4)ncc3c2)c1F)c1cc(F)cc2c1CCC2O. The summed E-state index contributed by atoms with van der Waals surface area (Å²) in [7, 11) is -4.47. The third-order valence-electron chi connectivity index (χ3n) is 7.40. The third kappa shape index (κ3) is 4.98. The molecule has 0 saturated carbocycles. The molecule has 0 amide bonds. The van der Waals surface area contributed by atoms with Gasteiger partial charge in [0.2, 0.25) is 5.95 Å². The molecule has 1 saturated heterocycles. The zero-order chi connectivity index (χ0) is 28.0. The third-order valence-corrected chi connectivity index (χ3v) is 8.83. The first kappa shape index (κ1) is 26.5. The van der Waals surface area contributed by atoms with Gasteiger partial charge in [-0.3, -0.25) is 4.72 Å². The Morgan fingerprint density at radius 2 is 1.80 bits per heavy atom. The molecular formula is C28H26F3N5O3S. The molecule has 0 spiro atoms. The van der Waals surface area contributed by atoms with Gasteiger partial charge in [-0.1, -0.05) is 6.07 Å². The lowest BCUT2D eigenvalue weighted by atomic mass is 10.0. The Kier molecular flexibility index (Phi) is 6.85. The number of sulfonamides is 1. The van der Waals surface area contributed by atoms with E-state index in [9.17, 15) is 22.3 Å². The molecule has 6 rings (SSSR count). The summed E-state index contributed by atoms with van der Waals surface area (Å²) < 4.78 is 73.4. The maximum Gasteiger partial charge on any atom is 0.262 e. The molecule has 2 heterocycles. The minimum atomic E-state index is -4.47. The molecule has 40 heavy (non-hydrogen) atoms. The smallest absolute Gasteiger partial charge is 0.262 e. The average molecular weight is 570 g/mol. The van der Waals surface area contributed by atoms with Gasteiger partial charge in [-0.2, -0.15) is 0 Å². The van der Waals surface area contributed by atoms with Crippen molar-refractivity contribution in [1.29, 1.82) is 0 Å². The zero-order valence-corrected chi connectivity index (χ0v) is 22.0. The van der Waals surface area contributed by atoms with Crippen molar-refractivity contribution >= 4 is 32.6 Å². The van der Waals surface area contributed by atoms with Crippen molar-refractivity contribution in [3.63, 3.8) is 0 Å². The van der Waals surface area contributed by atoms with Crippen LogP contribution in [0.1, 0.15) is 36.5 Å². The summed E-state index contributed by atoms with van der Waals surface area (Å²) in [5.74, 6) is -2.38. The number of halogens is 3. The van der Waals surface area contributed by atoms with Gasteiger partial charge in [0.15, 0.2) is 5.82 Å². The van der Waals surface area contributed by atoms with Crippen LogP contribution in [0.15, 0.2) is 53.6 Å². The average Bonchev–Trinajstić information content (AvgIpc) is 3.30. The number of aliphatic hydroxyl groups excluding tert-OH is 1. The second kappa shape index (κ2) is 10.3. The first-order valence-corrected chi connectivity index (χ1v) is 14.4. The van der Waals surface area contributed by atoms with Gasteiger partial charge in [0, 0.05) is 17.6 Å². The highest BCUT2D eigenvalue weighted by Gasteiger charge is 2.30. The van der Waals surface area contributed by atoms with E-state index < -0.39 is 44.8 Å². The lowest BCUT2D eigenvalue weighted by Crippen LogP contribution is -2.35. The Bertz CT molecular complexity index is 1730. The van der Waals surface area contributed by atoms with Crippen molar-refractivity contribution in [2.75, 3.05) is 23.1 Å². The summed E-state index contributed by atoms with van der Waals surface area (Å²) in [5.41, 5.74) is 0.279. The standard InChI is InChI=1S/C28H26F3N5O3S/c29-17-12-20-19(2-6-24(20)37)25(13-17)40(38,39)36-23-5-3-21(30)26(27(23)31)15-1-4-22-16(11-15)14-33-28(35-22)34-18-7-9-32-10-8-18/h1,3-5,11-14,18,24,32,36-37H,2,6-10H2,(H,33,34,35). The second-order valence-corrected chi connectivity index (χ2v) is 11.7. The number of benzene rings is 3. The molecule has 1 atom stereocenters. The number of aromatic nitrogens is 2. The Morgan fingerprint density at radius 3 is 2.60 bits per heavy atom. The maximum atomic E-state index is 15.7. The van der Waals surface area contributed by atoms with E-state index in [0.29, 0.717) is 16.9 Å². The van der Waals surface area contributed by atoms with Gasteiger partial charge in [-0.15, -0.1) is 0 Å². The number of piperidine rings is 1. The van der Waals surface area contributed by atoms with Crippen LogP contribution in [0.5, 0.6) is 0 Å². The lowest BCUT2D eigenvalue weighted by molar-refractivity contribution is 0.179. The van der Waals surface area contributed by atoms with Gasteiger partial charge in [0.05, 0.1) is 27.8 Å². The van der Waals surface area contributed by atoms with Crippen molar-refractivity contribution in [1.82, 2.24) is 15.3 Å². The number of anilines is 2. The van der Waals surface area contributed by atoms with E-state index in [-0.39, 0.29) is 40.5 Å². The van der Waals surface area contributed by atoms with E-state index in [1.54, 1.807) is 12.3 Å². The van der Waals surface area contributed by atoms with Gasteiger partial charge in [-0.25, -0.2) is 31.6 Å². The summed E-state index contributed by atoms with van der Waals surface area (Å²) >= 11 is 0. The van der Waals surface area contributed by atoms with Gasteiger partial charge >= 0.3 is 0 Å². The fourth-order valence-corrected chi connectivity index (χ4v) is 6.75. The predicted molar refractivity (Wildman–Crippen MR) is 145 cm³/mol. The number of aliphatic hydroxyl groups is 1. The first-order valence-electron chi connectivity index (χ1n) is 13.0. The minimum absolute atomic E-state index is 0.168. The summed E-state index contributed by atoms with van der Waals surface area (Å²) in [6, 6.07) is 8.78. The monoisotopic (exact) mass is 569 g/mol. The zero-order valence-electron chi connectivity index (χ0n) is 21.2. The van der Waals surface area contributed by atoms with Crippen LogP contribution in [-0.2, 0) is 16.4 Å². The van der Waals surface area contributed by atoms with Crippen molar-refractivity contribution in [2.24, 2.45) is 0 Å². The Balaban J connectivity index is 1.31. The van der Waals surface area contributed by atoms with Crippen molar-refractivity contribution in [3.05, 3.63) is 77.2 Å². The van der Waals surface area contributed by atoms with Crippen molar-refractivity contribution < 1.29 is 26.7 Å². The van der Waals surface area contributed by atoms with Crippen LogP contribution in [0.3, 0.4) is 0 Å². The number of hydrogen-bond donors (Lipinski definition) is 4. The molecule has 4 N–H and O–H groups in total. The van der Waals surface area contributed by atoms with Crippen LogP contribution in [-0.4, -0.2) is 42.6 Å². The molecule has 1 aromatic heterocycles. The normalized spacial score (nSPS) is 17.6. The molecule has 1 fully saturated rings. The van der Waals surface area contributed by atoms with E-state index in [2.05, 4.69) is 25.3 Å². The first-order chi connectivity index (χ1) is 19.2. The molecule has 1 unspecified atom stereocenters. The highest BCUT2D eigenvalue weighted by Crippen LogP contribution is 2.38. The van der Waals surface area contributed by atoms with Crippen LogP contribution in [0.4, 0.5) is 24.8 Å². The fraction of sp³-hybridized carbons (Fsp3) is 0.286. The second-order valence-electron chi connectivity index (χ2n) is 10.1. The fourth-order valence-electron chi connectivity index (χ4n) is 5.38.